The lowest BCUT2D eigenvalue weighted by Gasteiger charge is -2.17. The van der Waals surface area contributed by atoms with Crippen LogP contribution in [0.5, 0.6) is 0 Å². The molecule has 0 aliphatic carbocycles. The predicted molar refractivity (Wildman–Crippen MR) is 80.5 cm³/mol. The molecule has 0 saturated heterocycles. The van der Waals surface area contributed by atoms with Gasteiger partial charge in [-0.15, -0.1) is 11.3 Å². The summed E-state index contributed by atoms with van der Waals surface area (Å²) in [6.45, 7) is 7.35. The minimum absolute atomic E-state index is 0.507. The fourth-order valence-electron chi connectivity index (χ4n) is 1.58. The van der Waals surface area contributed by atoms with Crippen LogP contribution in [0.3, 0.4) is 0 Å². The molecule has 1 aromatic rings. The van der Waals surface area contributed by atoms with Crippen molar-refractivity contribution in [1.29, 1.82) is 0 Å². The number of hydrogen-bond donors (Lipinski definition) is 1. The first-order chi connectivity index (χ1) is 8.49. The van der Waals surface area contributed by atoms with Gasteiger partial charge in [-0.25, -0.2) is 4.98 Å². The van der Waals surface area contributed by atoms with Crippen molar-refractivity contribution < 1.29 is 0 Å². The zero-order chi connectivity index (χ0) is 13.5. The van der Waals surface area contributed by atoms with Gasteiger partial charge in [0.05, 0.1) is 5.69 Å². The second-order valence-corrected chi connectivity index (χ2v) is 6.07. The van der Waals surface area contributed by atoms with E-state index in [4.69, 9.17) is 0 Å². The molecular weight excluding hydrogens is 244 g/mol. The maximum atomic E-state index is 4.65. The Morgan fingerprint density at radius 2 is 2.00 bits per heavy atom. The van der Waals surface area contributed by atoms with E-state index in [2.05, 4.69) is 60.5 Å². The van der Waals surface area contributed by atoms with Gasteiger partial charge >= 0.3 is 0 Å². The van der Waals surface area contributed by atoms with Gasteiger partial charge in [0, 0.05) is 31.6 Å². The second-order valence-electron chi connectivity index (χ2n) is 5.24. The van der Waals surface area contributed by atoms with Crippen molar-refractivity contribution in [3.05, 3.63) is 11.1 Å². The summed E-state index contributed by atoms with van der Waals surface area (Å²) in [4.78, 5) is 9.11. The van der Waals surface area contributed by atoms with Crippen molar-refractivity contribution in [2.75, 3.05) is 39.1 Å². The highest BCUT2D eigenvalue weighted by atomic mass is 32.1. The lowest BCUT2D eigenvalue weighted by Crippen LogP contribution is -2.24. The van der Waals surface area contributed by atoms with Crippen LogP contribution in [0.1, 0.15) is 26.0 Å². The van der Waals surface area contributed by atoms with Crippen LogP contribution in [0.2, 0.25) is 0 Å². The molecule has 0 atom stereocenters. The molecule has 0 radical (unpaired) electrons. The maximum absolute atomic E-state index is 4.65. The Bertz CT molecular complexity index is 335. The highest BCUT2D eigenvalue weighted by molar-refractivity contribution is 7.13. The number of anilines is 1. The van der Waals surface area contributed by atoms with Crippen LogP contribution in [0, 0.1) is 0 Å². The molecule has 4 nitrogen and oxygen atoms in total. The Labute approximate surface area is 115 Å². The Morgan fingerprint density at radius 1 is 1.28 bits per heavy atom. The third-order valence-electron chi connectivity index (χ3n) is 2.66. The fraction of sp³-hybridized carbons (Fsp3) is 0.769. The van der Waals surface area contributed by atoms with Crippen molar-refractivity contribution in [1.82, 2.24) is 15.2 Å². The van der Waals surface area contributed by atoms with Gasteiger partial charge < -0.3 is 15.1 Å². The normalized spacial score (nSPS) is 11.5. The van der Waals surface area contributed by atoms with E-state index >= 15 is 0 Å². The molecule has 0 saturated carbocycles. The molecule has 0 amide bonds. The molecule has 5 heteroatoms. The molecule has 0 bridgehead atoms. The molecule has 0 aliphatic rings. The van der Waals surface area contributed by atoms with Gasteiger partial charge in [-0.1, -0.05) is 13.8 Å². The molecular formula is C13H26N4S. The zero-order valence-electron chi connectivity index (χ0n) is 12.2. The molecule has 1 rings (SSSR count). The topological polar surface area (TPSA) is 31.4 Å². The van der Waals surface area contributed by atoms with Crippen molar-refractivity contribution in [2.24, 2.45) is 0 Å². The summed E-state index contributed by atoms with van der Waals surface area (Å²) < 4.78 is 0. The standard InChI is InChI=1S/C13H26N4S/c1-11(2)14-9-12-10-18-13(15-12)17(5)8-6-7-16(3)4/h10-11,14H,6-9H2,1-5H3. The van der Waals surface area contributed by atoms with Crippen molar-refractivity contribution >= 4 is 16.5 Å². The van der Waals surface area contributed by atoms with Gasteiger partial charge in [-0.3, -0.25) is 0 Å². The van der Waals surface area contributed by atoms with Gasteiger partial charge in [0.25, 0.3) is 0 Å². The van der Waals surface area contributed by atoms with Crippen LogP contribution >= 0.6 is 11.3 Å². The summed E-state index contributed by atoms with van der Waals surface area (Å²) in [5.74, 6) is 0. The Balaban J connectivity index is 2.36. The van der Waals surface area contributed by atoms with Crippen LogP contribution in [-0.4, -0.2) is 50.2 Å². The van der Waals surface area contributed by atoms with E-state index in [1.165, 1.54) is 6.42 Å². The second kappa shape index (κ2) is 7.71. The molecule has 1 aromatic heterocycles. The molecule has 1 N–H and O–H groups in total. The third kappa shape index (κ3) is 5.80. The predicted octanol–water partition coefficient (Wildman–Crippen LogP) is 2.03. The Hall–Kier alpha value is -0.650. The Morgan fingerprint density at radius 3 is 2.61 bits per heavy atom. The van der Waals surface area contributed by atoms with Crippen LogP contribution in [-0.2, 0) is 6.54 Å². The maximum Gasteiger partial charge on any atom is 0.185 e. The summed E-state index contributed by atoms with van der Waals surface area (Å²) in [7, 11) is 6.34. The first-order valence-corrected chi connectivity index (χ1v) is 7.40. The SMILES string of the molecule is CC(C)NCc1csc(N(C)CCCN(C)C)n1. The van der Waals surface area contributed by atoms with Gasteiger partial charge in [-0.2, -0.15) is 0 Å². The highest BCUT2D eigenvalue weighted by Gasteiger charge is 2.07. The molecule has 18 heavy (non-hydrogen) atoms. The van der Waals surface area contributed by atoms with E-state index in [1.54, 1.807) is 11.3 Å². The zero-order valence-corrected chi connectivity index (χ0v) is 13.0. The summed E-state index contributed by atoms with van der Waals surface area (Å²) in [6.07, 6.45) is 1.17. The average Bonchev–Trinajstić information content (AvgIpc) is 2.74. The van der Waals surface area contributed by atoms with Crippen LogP contribution in [0.4, 0.5) is 5.13 Å². The third-order valence-corrected chi connectivity index (χ3v) is 3.66. The van der Waals surface area contributed by atoms with Gasteiger partial charge in [0.15, 0.2) is 5.13 Å². The summed E-state index contributed by atoms with van der Waals surface area (Å²) >= 11 is 1.73. The minimum atomic E-state index is 0.507. The van der Waals surface area contributed by atoms with Crippen LogP contribution in [0.15, 0.2) is 5.38 Å². The van der Waals surface area contributed by atoms with Crippen molar-refractivity contribution in [3.63, 3.8) is 0 Å². The highest BCUT2D eigenvalue weighted by Crippen LogP contribution is 2.19. The molecule has 0 aliphatic heterocycles. The van der Waals surface area contributed by atoms with Crippen LogP contribution < -0.4 is 10.2 Å². The number of thiazole rings is 1. The molecule has 0 aromatic carbocycles. The van der Waals surface area contributed by atoms with Crippen LogP contribution in [0.25, 0.3) is 0 Å². The number of nitrogens with zero attached hydrogens (tertiary/aromatic N) is 3. The van der Waals surface area contributed by atoms with Gasteiger partial charge in [0.1, 0.15) is 0 Å². The smallest absolute Gasteiger partial charge is 0.185 e. The largest absolute Gasteiger partial charge is 0.351 e. The first-order valence-electron chi connectivity index (χ1n) is 6.52. The van der Waals surface area contributed by atoms with E-state index in [0.29, 0.717) is 6.04 Å². The molecule has 1 heterocycles. The van der Waals surface area contributed by atoms with E-state index in [9.17, 15) is 0 Å². The summed E-state index contributed by atoms with van der Waals surface area (Å²) in [5.41, 5.74) is 1.14. The van der Waals surface area contributed by atoms with Gasteiger partial charge in [0.2, 0.25) is 0 Å². The first kappa shape index (κ1) is 15.4. The molecule has 0 spiro atoms. The molecule has 0 fully saturated rings. The quantitative estimate of drug-likeness (QED) is 0.783. The summed E-state index contributed by atoms with van der Waals surface area (Å²) in [5, 5.41) is 6.66. The molecule has 104 valence electrons. The minimum Gasteiger partial charge on any atom is -0.351 e. The summed E-state index contributed by atoms with van der Waals surface area (Å²) in [6, 6.07) is 0.507. The number of nitrogens with one attached hydrogen (secondary N) is 1. The van der Waals surface area contributed by atoms with Gasteiger partial charge in [-0.05, 0) is 27.1 Å². The number of hydrogen-bond acceptors (Lipinski definition) is 5. The number of rotatable bonds is 8. The van der Waals surface area contributed by atoms with Crippen molar-refractivity contribution in [3.8, 4) is 0 Å². The number of aromatic nitrogens is 1. The van der Waals surface area contributed by atoms with E-state index in [1.807, 2.05) is 0 Å². The fourth-order valence-corrected chi connectivity index (χ4v) is 2.40. The van der Waals surface area contributed by atoms with E-state index < -0.39 is 0 Å². The Kier molecular flexibility index (Phi) is 6.60. The van der Waals surface area contributed by atoms with E-state index in [0.717, 1.165) is 30.5 Å². The monoisotopic (exact) mass is 270 g/mol. The van der Waals surface area contributed by atoms with E-state index in [-0.39, 0.29) is 0 Å². The molecule has 0 unspecified atom stereocenters. The van der Waals surface area contributed by atoms with Crippen molar-refractivity contribution in [2.45, 2.75) is 32.9 Å². The average molecular weight is 270 g/mol. The lowest BCUT2D eigenvalue weighted by atomic mass is 10.4. The lowest BCUT2D eigenvalue weighted by molar-refractivity contribution is 0.401.